The van der Waals surface area contributed by atoms with E-state index in [1.807, 2.05) is 32.9 Å². The molecular formula is C16H18N2O3. The molecule has 4 amide bonds. The van der Waals surface area contributed by atoms with Crippen molar-refractivity contribution in [2.75, 3.05) is 14.1 Å². The molecule has 1 aromatic carbocycles. The topological polar surface area (TPSA) is 57.7 Å². The number of benzene rings is 1. The number of hydrogen-bond acceptors (Lipinski definition) is 3. The fourth-order valence-electron chi connectivity index (χ4n) is 2.54. The van der Waals surface area contributed by atoms with Crippen LogP contribution in [0, 0.1) is 20.8 Å². The van der Waals surface area contributed by atoms with E-state index in [0.29, 0.717) is 0 Å². The lowest BCUT2D eigenvalue weighted by Crippen LogP contribution is -2.52. The SMILES string of the molecule is Cc1cc(C)c(C=C2C(=O)N(C)C(=O)N(C)C2=O)c(C)c1. The largest absolute Gasteiger partial charge is 0.333 e. The van der Waals surface area contributed by atoms with Gasteiger partial charge in [-0.15, -0.1) is 0 Å². The second-order valence-corrected chi connectivity index (χ2v) is 5.38. The summed E-state index contributed by atoms with van der Waals surface area (Å²) in [6.45, 7) is 5.86. The van der Waals surface area contributed by atoms with Crippen molar-refractivity contribution in [2.45, 2.75) is 20.8 Å². The second kappa shape index (κ2) is 5.16. The van der Waals surface area contributed by atoms with Crippen molar-refractivity contribution in [3.63, 3.8) is 0 Å². The average Bonchev–Trinajstić information content (AvgIpc) is 2.41. The summed E-state index contributed by atoms with van der Waals surface area (Å²) in [7, 11) is 2.74. The number of imide groups is 2. The van der Waals surface area contributed by atoms with Gasteiger partial charge in [-0.2, -0.15) is 0 Å². The van der Waals surface area contributed by atoms with Crippen LogP contribution in [-0.2, 0) is 9.59 Å². The molecule has 1 saturated heterocycles. The number of nitrogens with zero attached hydrogens (tertiary/aromatic N) is 2. The van der Waals surface area contributed by atoms with E-state index in [-0.39, 0.29) is 5.57 Å². The van der Waals surface area contributed by atoms with Gasteiger partial charge in [0.15, 0.2) is 0 Å². The lowest BCUT2D eigenvalue weighted by atomic mass is 9.96. The molecular weight excluding hydrogens is 268 g/mol. The summed E-state index contributed by atoms with van der Waals surface area (Å²) < 4.78 is 0. The molecule has 1 aliphatic rings. The van der Waals surface area contributed by atoms with E-state index in [4.69, 9.17) is 0 Å². The summed E-state index contributed by atoms with van der Waals surface area (Å²) in [4.78, 5) is 38.0. The van der Waals surface area contributed by atoms with Gasteiger partial charge < -0.3 is 0 Å². The van der Waals surface area contributed by atoms with Crippen LogP contribution in [0.15, 0.2) is 17.7 Å². The number of barbiturate groups is 1. The van der Waals surface area contributed by atoms with Gasteiger partial charge in [0.1, 0.15) is 5.57 Å². The van der Waals surface area contributed by atoms with Crippen molar-refractivity contribution in [2.24, 2.45) is 0 Å². The number of aryl methyl sites for hydroxylation is 3. The number of rotatable bonds is 1. The normalized spacial score (nSPS) is 15.9. The Morgan fingerprint density at radius 1 is 0.857 bits per heavy atom. The van der Waals surface area contributed by atoms with Crippen LogP contribution in [0.3, 0.4) is 0 Å². The lowest BCUT2D eigenvalue weighted by molar-refractivity contribution is -0.134. The zero-order chi connectivity index (χ0) is 15.9. The number of carbonyl (C=O) groups excluding carboxylic acids is 3. The summed E-state index contributed by atoms with van der Waals surface area (Å²) in [5, 5.41) is 0. The Balaban J connectivity index is 2.57. The minimum absolute atomic E-state index is 0.00894. The van der Waals surface area contributed by atoms with Gasteiger partial charge in [0.05, 0.1) is 0 Å². The number of hydrogen-bond donors (Lipinski definition) is 0. The predicted molar refractivity (Wildman–Crippen MR) is 79.6 cm³/mol. The molecule has 0 bridgehead atoms. The molecule has 0 N–H and O–H groups in total. The van der Waals surface area contributed by atoms with Crippen LogP contribution in [0.25, 0.3) is 6.08 Å². The molecule has 1 aromatic rings. The summed E-state index contributed by atoms with van der Waals surface area (Å²) in [6.07, 6.45) is 1.58. The third-order valence-electron chi connectivity index (χ3n) is 3.67. The van der Waals surface area contributed by atoms with E-state index in [0.717, 1.165) is 32.1 Å². The van der Waals surface area contributed by atoms with E-state index in [1.165, 1.54) is 14.1 Å². The molecule has 2 rings (SSSR count). The third-order valence-corrected chi connectivity index (χ3v) is 3.67. The number of amides is 4. The van der Waals surface area contributed by atoms with Gasteiger partial charge in [0, 0.05) is 14.1 Å². The van der Waals surface area contributed by atoms with Crippen LogP contribution in [0.2, 0.25) is 0 Å². The molecule has 21 heavy (non-hydrogen) atoms. The fourth-order valence-corrected chi connectivity index (χ4v) is 2.54. The van der Waals surface area contributed by atoms with Gasteiger partial charge in [0.2, 0.25) is 0 Å². The standard InChI is InChI=1S/C16H18N2O3/c1-9-6-10(2)12(11(3)7-9)8-13-14(19)17(4)16(21)18(5)15(13)20/h6-8H,1-5H3. The molecule has 1 aliphatic heterocycles. The quantitative estimate of drug-likeness (QED) is 0.586. The first-order valence-corrected chi connectivity index (χ1v) is 6.63. The summed E-state index contributed by atoms with van der Waals surface area (Å²) >= 11 is 0. The zero-order valence-corrected chi connectivity index (χ0v) is 12.9. The van der Waals surface area contributed by atoms with Crippen LogP contribution >= 0.6 is 0 Å². The highest BCUT2D eigenvalue weighted by atomic mass is 16.2. The second-order valence-electron chi connectivity index (χ2n) is 5.38. The highest BCUT2D eigenvalue weighted by Crippen LogP contribution is 2.23. The minimum atomic E-state index is -0.612. The van der Waals surface area contributed by atoms with E-state index in [1.54, 1.807) is 6.08 Å². The van der Waals surface area contributed by atoms with Crippen molar-refractivity contribution >= 4 is 23.9 Å². The minimum Gasteiger partial charge on any atom is -0.268 e. The van der Waals surface area contributed by atoms with Gasteiger partial charge >= 0.3 is 6.03 Å². The van der Waals surface area contributed by atoms with Crippen molar-refractivity contribution in [1.29, 1.82) is 0 Å². The van der Waals surface area contributed by atoms with E-state index < -0.39 is 17.8 Å². The van der Waals surface area contributed by atoms with Gasteiger partial charge in [-0.05, 0) is 43.5 Å². The Bertz CT molecular complexity index is 640. The predicted octanol–water partition coefficient (Wildman–Crippen LogP) is 2.05. The third kappa shape index (κ3) is 2.46. The lowest BCUT2D eigenvalue weighted by Gasteiger charge is -2.29. The number of urea groups is 1. The summed E-state index contributed by atoms with van der Waals surface area (Å²) in [5.41, 5.74) is 3.95. The first kappa shape index (κ1) is 15.0. The molecule has 1 fully saturated rings. The highest BCUT2D eigenvalue weighted by Gasteiger charge is 2.37. The van der Waals surface area contributed by atoms with Crippen LogP contribution in [-0.4, -0.2) is 41.7 Å². The van der Waals surface area contributed by atoms with E-state index in [2.05, 4.69) is 0 Å². The molecule has 5 heteroatoms. The van der Waals surface area contributed by atoms with Crippen LogP contribution in [0.5, 0.6) is 0 Å². The van der Waals surface area contributed by atoms with E-state index in [9.17, 15) is 14.4 Å². The van der Waals surface area contributed by atoms with Crippen LogP contribution in [0.1, 0.15) is 22.3 Å². The molecule has 0 aliphatic carbocycles. The van der Waals surface area contributed by atoms with Gasteiger partial charge in [-0.25, -0.2) is 4.79 Å². The summed E-state index contributed by atoms with van der Waals surface area (Å²) in [5.74, 6) is -1.13. The molecule has 0 unspecified atom stereocenters. The number of likely N-dealkylation sites (N-methyl/N-ethyl adjacent to an activating group) is 2. The first-order valence-electron chi connectivity index (χ1n) is 6.63. The maximum atomic E-state index is 12.2. The van der Waals surface area contributed by atoms with Gasteiger partial charge in [-0.1, -0.05) is 17.7 Å². The molecule has 0 atom stereocenters. The molecule has 0 spiro atoms. The molecule has 110 valence electrons. The Morgan fingerprint density at radius 3 is 1.71 bits per heavy atom. The molecule has 0 aromatic heterocycles. The van der Waals surface area contributed by atoms with E-state index >= 15 is 0 Å². The summed E-state index contributed by atoms with van der Waals surface area (Å²) in [6, 6.07) is 3.38. The van der Waals surface area contributed by atoms with Crippen LogP contribution < -0.4 is 0 Å². The highest BCUT2D eigenvalue weighted by molar-refractivity contribution is 6.30. The molecule has 5 nitrogen and oxygen atoms in total. The number of carbonyl (C=O) groups is 3. The monoisotopic (exact) mass is 286 g/mol. The van der Waals surface area contributed by atoms with Crippen molar-refractivity contribution < 1.29 is 14.4 Å². The Labute approximate surface area is 123 Å². The molecule has 0 saturated carbocycles. The first-order chi connectivity index (χ1) is 9.73. The van der Waals surface area contributed by atoms with Crippen molar-refractivity contribution in [1.82, 2.24) is 9.80 Å². The fraction of sp³-hybridized carbons (Fsp3) is 0.312. The van der Waals surface area contributed by atoms with Crippen molar-refractivity contribution in [3.8, 4) is 0 Å². The van der Waals surface area contributed by atoms with Crippen molar-refractivity contribution in [3.05, 3.63) is 40.0 Å². The van der Waals surface area contributed by atoms with Crippen LogP contribution in [0.4, 0.5) is 4.79 Å². The Kier molecular flexibility index (Phi) is 3.68. The Hall–Kier alpha value is -2.43. The Morgan fingerprint density at radius 2 is 1.29 bits per heavy atom. The van der Waals surface area contributed by atoms with Gasteiger partial charge in [-0.3, -0.25) is 19.4 Å². The average molecular weight is 286 g/mol. The molecule has 0 radical (unpaired) electrons. The maximum Gasteiger partial charge on any atom is 0.333 e. The maximum absolute atomic E-state index is 12.2. The smallest absolute Gasteiger partial charge is 0.268 e. The van der Waals surface area contributed by atoms with Gasteiger partial charge in [0.25, 0.3) is 11.8 Å². The zero-order valence-electron chi connectivity index (χ0n) is 12.9. The molecule has 1 heterocycles.